The van der Waals surface area contributed by atoms with Gasteiger partial charge in [0.15, 0.2) is 6.29 Å². The van der Waals surface area contributed by atoms with Gasteiger partial charge < -0.3 is 9.64 Å². The fourth-order valence-corrected chi connectivity index (χ4v) is 3.34. The molecular weight excluding hydrogens is 382 g/mol. The van der Waals surface area contributed by atoms with E-state index in [1.807, 2.05) is 24.3 Å². The summed E-state index contributed by atoms with van der Waals surface area (Å²) in [4.78, 5) is 26.2. The normalized spacial score (nSPS) is 14.6. The van der Waals surface area contributed by atoms with Crippen molar-refractivity contribution in [1.82, 2.24) is 0 Å². The first-order valence-electron chi connectivity index (χ1n) is 8.16. The molecule has 0 bridgehead atoms. The number of fused-ring (bicyclic) bond motifs is 1. The van der Waals surface area contributed by atoms with Gasteiger partial charge in [-0.05, 0) is 51.2 Å². The van der Waals surface area contributed by atoms with Gasteiger partial charge in [-0.2, -0.15) is 0 Å². The van der Waals surface area contributed by atoms with Crippen LogP contribution in [0.25, 0.3) is 0 Å². The molecule has 1 amide bonds. The van der Waals surface area contributed by atoms with Crippen LogP contribution in [0.15, 0.2) is 40.9 Å². The van der Waals surface area contributed by atoms with Crippen molar-refractivity contribution in [3.05, 3.63) is 57.6 Å². The Bertz CT molecular complexity index is 839. The first-order chi connectivity index (χ1) is 11.8. The molecule has 0 N–H and O–H groups in total. The highest BCUT2D eigenvalue weighted by Gasteiger charge is 2.28. The molecular formula is C20H20BrNO3. The van der Waals surface area contributed by atoms with Gasteiger partial charge in [0.25, 0.3) is 5.91 Å². The maximum atomic E-state index is 13.1. The highest BCUT2D eigenvalue weighted by atomic mass is 79.9. The van der Waals surface area contributed by atoms with Gasteiger partial charge in [0.05, 0.1) is 23.4 Å². The average Bonchev–Trinajstić information content (AvgIpc) is 2.72. The number of carbonyl (C=O) groups excluding carboxylic acids is 2. The first-order valence-corrected chi connectivity index (χ1v) is 8.95. The van der Waals surface area contributed by atoms with E-state index in [1.165, 1.54) is 0 Å². The summed E-state index contributed by atoms with van der Waals surface area (Å²) in [6, 6.07) is 11.1. The summed E-state index contributed by atoms with van der Waals surface area (Å²) in [6.45, 7) is 7.12. The third kappa shape index (κ3) is 3.33. The van der Waals surface area contributed by atoms with E-state index in [4.69, 9.17) is 4.74 Å². The molecule has 2 aromatic carbocycles. The Labute approximate surface area is 155 Å². The smallest absolute Gasteiger partial charge is 0.262 e. The van der Waals surface area contributed by atoms with Crippen molar-refractivity contribution in [2.45, 2.75) is 26.2 Å². The fraction of sp³-hybridized carbons (Fsp3) is 0.300. The number of hydrogen-bond acceptors (Lipinski definition) is 3. The lowest BCUT2D eigenvalue weighted by Crippen LogP contribution is -2.33. The van der Waals surface area contributed by atoms with Crippen molar-refractivity contribution in [1.29, 1.82) is 0 Å². The van der Waals surface area contributed by atoms with E-state index in [2.05, 4.69) is 36.7 Å². The molecule has 130 valence electrons. The zero-order valence-corrected chi connectivity index (χ0v) is 16.1. The van der Waals surface area contributed by atoms with Gasteiger partial charge in [-0.25, -0.2) is 0 Å². The lowest BCUT2D eigenvalue weighted by Gasteiger charge is -2.23. The van der Waals surface area contributed by atoms with Gasteiger partial charge >= 0.3 is 0 Å². The molecule has 1 heterocycles. The highest BCUT2D eigenvalue weighted by Crippen LogP contribution is 2.33. The van der Waals surface area contributed by atoms with Crippen molar-refractivity contribution in [2.24, 2.45) is 0 Å². The minimum absolute atomic E-state index is 0.0254. The Balaban J connectivity index is 2.06. The van der Waals surface area contributed by atoms with Crippen molar-refractivity contribution < 1.29 is 14.3 Å². The van der Waals surface area contributed by atoms with Crippen LogP contribution < -0.4 is 9.64 Å². The van der Waals surface area contributed by atoms with Crippen LogP contribution in [0.2, 0.25) is 0 Å². The number of benzene rings is 2. The minimum atomic E-state index is -0.158. The van der Waals surface area contributed by atoms with Crippen LogP contribution in [0.5, 0.6) is 5.75 Å². The third-order valence-electron chi connectivity index (χ3n) is 4.33. The number of nitrogens with zero attached hydrogens (tertiary/aromatic N) is 1. The van der Waals surface area contributed by atoms with Gasteiger partial charge in [-0.1, -0.05) is 32.9 Å². The Morgan fingerprint density at radius 2 is 1.96 bits per heavy atom. The van der Waals surface area contributed by atoms with Gasteiger partial charge in [0, 0.05) is 4.47 Å². The van der Waals surface area contributed by atoms with E-state index >= 15 is 0 Å². The predicted octanol–water partition coefficient (Wildman–Crippen LogP) is 4.60. The van der Waals surface area contributed by atoms with E-state index in [-0.39, 0.29) is 11.3 Å². The van der Waals surface area contributed by atoms with E-state index in [0.29, 0.717) is 40.2 Å². The van der Waals surface area contributed by atoms with Crippen LogP contribution in [-0.2, 0) is 5.41 Å². The van der Waals surface area contributed by atoms with Gasteiger partial charge in [0.2, 0.25) is 0 Å². The zero-order valence-electron chi connectivity index (χ0n) is 14.5. The maximum absolute atomic E-state index is 13.1. The van der Waals surface area contributed by atoms with Gasteiger partial charge in [-0.15, -0.1) is 0 Å². The predicted molar refractivity (Wildman–Crippen MR) is 102 cm³/mol. The monoisotopic (exact) mass is 401 g/mol. The minimum Gasteiger partial charge on any atom is -0.491 e. The summed E-state index contributed by atoms with van der Waals surface area (Å²) in [7, 11) is 0. The van der Waals surface area contributed by atoms with E-state index < -0.39 is 0 Å². The molecule has 0 radical (unpaired) electrons. The van der Waals surface area contributed by atoms with Gasteiger partial charge in [0.1, 0.15) is 12.4 Å². The van der Waals surface area contributed by atoms with Crippen LogP contribution in [0.1, 0.15) is 47.1 Å². The number of rotatable bonds is 2. The molecule has 0 unspecified atom stereocenters. The summed E-state index contributed by atoms with van der Waals surface area (Å²) in [6.07, 6.45) is 0.766. The second-order valence-corrected chi connectivity index (χ2v) is 7.91. The Kier molecular flexibility index (Phi) is 4.69. The van der Waals surface area contributed by atoms with Crippen LogP contribution >= 0.6 is 15.9 Å². The number of aldehydes is 1. The molecule has 25 heavy (non-hydrogen) atoms. The third-order valence-corrected chi connectivity index (χ3v) is 5.03. The number of halogens is 1. The molecule has 0 aliphatic carbocycles. The molecule has 1 aliphatic heterocycles. The largest absolute Gasteiger partial charge is 0.491 e. The van der Waals surface area contributed by atoms with Crippen molar-refractivity contribution in [3.8, 4) is 5.75 Å². The molecule has 0 atom stereocenters. The lowest BCUT2D eigenvalue weighted by atomic mass is 9.86. The highest BCUT2D eigenvalue weighted by molar-refractivity contribution is 9.10. The van der Waals surface area contributed by atoms with Crippen LogP contribution in [-0.4, -0.2) is 25.3 Å². The Hall–Kier alpha value is -2.14. The molecule has 0 aromatic heterocycles. The van der Waals surface area contributed by atoms with Crippen molar-refractivity contribution in [2.75, 3.05) is 18.1 Å². The molecule has 0 saturated heterocycles. The quantitative estimate of drug-likeness (QED) is 0.690. The number of carbonyl (C=O) groups is 2. The van der Waals surface area contributed by atoms with E-state index in [0.717, 1.165) is 11.8 Å². The first kappa shape index (κ1) is 17.7. The average molecular weight is 402 g/mol. The van der Waals surface area contributed by atoms with E-state index in [9.17, 15) is 9.59 Å². The summed E-state index contributed by atoms with van der Waals surface area (Å²) in [5, 5.41) is 0. The van der Waals surface area contributed by atoms with Crippen molar-refractivity contribution in [3.63, 3.8) is 0 Å². The summed E-state index contributed by atoms with van der Waals surface area (Å²) in [5.41, 5.74) is 2.66. The number of amides is 1. The van der Waals surface area contributed by atoms with Crippen LogP contribution in [0.4, 0.5) is 5.69 Å². The van der Waals surface area contributed by atoms with Gasteiger partial charge in [-0.3, -0.25) is 9.59 Å². The molecule has 4 nitrogen and oxygen atoms in total. The maximum Gasteiger partial charge on any atom is 0.262 e. The van der Waals surface area contributed by atoms with Crippen molar-refractivity contribution >= 4 is 33.8 Å². The summed E-state index contributed by atoms with van der Waals surface area (Å²) < 4.78 is 6.52. The number of ether oxygens (including phenoxy) is 1. The second kappa shape index (κ2) is 6.64. The van der Waals surface area contributed by atoms with E-state index in [1.54, 1.807) is 17.0 Å². The SMILES string of the molecule is CC(C)(C)c1ccc2c(c1)OCCN(c1cccc(Br)c1C=O)C2=O. The summed E-state index contributed by atoms with van der Waals surface area (Å²) in [5.74, 6) is 0.441. The molecule has 2 aromatic rings. The molecule has 1 aliphatic rings. The number of hydrogen-bond donors (Lipinski definition) is 0. The molecule has 3 rings (SSSR count). The van der Waals surface area contributed by atoms with Crippen LogP contribution in [0, 0.1) is 0 Å². The van der Waals surface area contributed by atoms with Crippen LogP contribution in [0.3, 0.4) is 0 Å². The Morgan fingerprint density at radius 1 is 1.20 bits per heavy atom. The second-order valence-electron chi connectivity index (χ2n) is 7.06. The zero-order chi connectivity index (χ0) is 18.2. The Morgan fingerprint density at radius 3 is 2.64 bits per heavy atom. The fourth-order valence-electron chi connectivity index (χ4n) is 2.89. The number of anilines is 1. The molecule has 0 spiro atoms. The molecule has 0 saturated carbocycles. The lowest BCUT2D eigenvalue weighted by molar-refractivity contribution is 0.0989. The molecule has 5 heteroatoms. The standard InChI is InChI=1S/C20H20BrNO3/c1-20(2,3)13-7-8-14-18(11-13)25-10-9-22(19(14)24)17-6-4-5-16(21)15(17)12-23/h4-8,11-12H,9-10H2,1-3H3. The molecule has 0 fully saturated rings. The summed E-state index contributed by atoms with van der Waals surface area (Å²) >= 11 is 3.38. The topological polar surface area (TPSA) is 46.6 Å².